The van der Waals surface area contributed by atoms with Crippen molar-refractivity contribution in [1.82, 2.24) is 9.80 Å². The lowest BCUT2D eigenvalue weighted by Crippen LogP contribution is -2.47. The average Bonchev–Trinajstić information content (AvgIpc) is 2.95. The van der Waals surface area contributed by atoms with Gasteiger partial charge < -0.3 is 14.5 Å². The van der Waals surface area contributed by atoms with E-state index < -0.39 is 12.0 Å². The summed E-state index contributed by atoms with van der Waals surface area (Å²) in [4.78, 5) is 31.6. The minimum Gasteiger partial charge on any atom is -0.497 e. The highest BCUT2D eigenvalue weighted by atomic mass is 19.1. The molecule has 0 aliphatic carbocycles. The number of halogens is 1. The lowest BCUT2D eigenvalue weighted by Gasteiger charge is -2.43. The van der Waals surface area contributed by atoms with Gasteiger partial charge >= 0.3 is 0 Å². The van der Waals surface area contributed by atoms with E-state index >= 15 is 0 Å². The summed E-state index contributed by atoms with van der Waals surface area (Å²) in [6.45, 7) is 0.676. The van der Waals surface area contributed by atoms with Gasteiger partial charge in [0, 0.05) is 25.7 Å². The molecule has 5 nitrogen and oxygen atoms in total. The summed E-state index contributed by atoms with van der Waals surface area (Å²) in [6.07, 6.45) is 0. The third-order valence-corrected chi connectivity index (χ3v) is 7.07. The molecule has 0 saturated carbocycles. The maximum Gasteiger partial charge on any atom is 0.255 e. The molecule has 2 amide bonds. The summed E-state index contributed by atoms with van der Waals surface area (Å²) in [5, 5.41) is 0. The fourth-order valence-electron chi connectivity index (χ4n) is 5.16. The molecule has 2 atom stereocenters. The van der Waals surface area contributed by atoms with Gasteiger partial charge in [-0.2, -0.15) is 0 Å². The number of nitrogens with zero attached hydrogens (tertiary/aromatic N) is 2. The van der Waals surface area contributed by atoms with Gasteiger partial charge in [0.2, 0.25) is 5.91 Å². The molecular weight excluding hydrogens is 479 g/mol. The number of fused-ring (bicyclic) bond motifs is 1. The number of ether oxygens (including phenoxy) is 1. The van der Waals surface area contributed by atoms with Crippen LogP contribution in [0.1, 0.15) is 44.6 Å². The van der Waals surface area contributed by atoms with Crippen molar-refractivity contribution in [2.24, 2.45) is 0 Å². The molecule has 0 bridgehead atoms. The van der Waals surface area contributed by atoms with Crippen molar-refractivity contribution >= 4 is 11.8 Å². The van der Waals surface area contributed by atoms with Crippen molar-refractivity contribution in [2.45, 2.75) is 25.0 Å². The summed E-state index contributed by atoms with van der Waals surface area (Å²) in [6, 6.07) is 30.2. The Hall–Kier alpha value is -4.45. The maximum atomic E-state index is 14.2. The first-order valence-corrected chi connectivity index (χ1v) is 12.5. The van der Waals surface area contributed by atoms with Crippen LogP contribution in [0.3, 0.4) is 0 Å². The molecular formula is C32H29FN2O3. The Labute approximate surface area is 222 Å². The summed E-state index contributed by atoms with van der Waals surface area (Å²) in [5.41, 5.74) is 3.83. The number of hydrogen-bond donors (Lipinski definition) is 0. The minimum absolute atomic E-state index is 0.0845. The lowest BCUT2D eigenvalue weighted by molar-refractivity contribution is -0.134. The molecule has 5 rings (SSSR count). The second-order valence-corrected chi connectivity index (χ2v) is 9.52. The summed E-state index contributed by atoms with van der Waals surface area (Å²) >= 11 is 0. The zero-order valence-corrected chi connectivity index (χ0v) is 21.4. The first-order chi connectivity index (χ1) is 18.5. The number of methoxy groups -OCH3 is 1. The highest BCUT2D eigenvalue weighted by Crippen LogP contribution is 2.44. The number of benzene rings is 4. The van der Waals surface area contributed by atoms with Crippen molar-refractivity contribution in [1.29, 1.82) is 0 Å². The predicted octanol–water partition coefficient (Wildman–Crippen LogP) is 5.97. The molecule has 0 spiro atoms. The van der Waals surface area contributed by atoms with Crippen molar-refractivity contribution in [3.05, 3.63) is 137 Å². The zero-order chi connectivity index (χ0) is 26.6. The SMILES string of the molecule is COc1ccc([C@@H]2[C@H](C(=O)N(C)Cc3ccccc3)c3ccccc3C(=O)N2Cc2ccc(F)cc2)cc1. The smallest absolute Gasteiger partial charge is 0.255 e. The highest BCUT2D eigenvalue weighted by molar-refractivity contribution is 6.01. The number of rotatable bonds is 7. The van der Waals surface area contributed by atoms with E-state index in [1.54, 1.807) is 42.2 Å². The van der Waals surface area contributed by atoms with Gasteiger partial charge in [-0.05, 0) is 52.6 Å². The third-order valence-electron chi connectivity index (χ3n) is 7.07. The van der Waals surface area contributed by atoms with Gasteiger partial charge in [0.05, 0.1) is 19.1 Å². The van der Waals surface area contributed by atoms with E-state index in [0.29, 0.717) is 23.4 Å². The third kappa shape index (κ3) is 5.02. The molecule has 1 aliphatic heterocycles. The lowest BCUT2D eigenvalue weighted by atomic mass is 9.78. The Morgan fingerprint density at radius 1 is 0.868 bits per heavy atom. The van der Waals surface area contributed by atoms with Gasteiger partial charge in [0.1, 0.15) is 11.6 Å². The maximum absolute atomic E-state index is 14.2. The van der Waals surface area contributed by atoms with Gasteiger partial charge in [-0.1, -0.05) is 72.8 Å². The Kier molecular flexibility index (Phi) is 7.22. The van der Waals surface area contributed by atoms with Crippen molar-refractivity contribution in [3.63, 3.8) is 0 Å². The molecule has 0 unspecified atom stereocenters. The summed E-state index contributed by atoms with van der Waals surface area (Å²) in [7, 11) is 3.39. The molecule has 1 heterocycles. The van der Waals surface area contributed by atoms with Gasteiger partial charge in [-0.25, -0.2) is 4.39 Å². The second kappa shape index (κ2) is 10.9. The van der Waals surface area contributed by atoms with Crippen LogP contribution in [0.5, 0.6) is 5.75 Å². The van der Waals surface area contributed by atoms with E-state index in [1.165, 1.54) is 12.1 Å². The fraction of sp³-hybridized carbons (Fsp3) is 0.188. The predicted molar refractivity (Wildman–Crippen MR) is 144 cm³/mol. The Balaban J connectivity index is 1.61. The Morgan fingerprint density at radius 3 is 2.21 bits per heavy atom. The van der Waals surface area contributed by atoms with Crippen LogP contribution in [-0.2, 0) is 17.9 Å². The number of likely N-dealkylation sites (N-methyl/N-ethyl adjacent to an activating group) is 1. The summed E-state index contributed by atoms with van der Waals surface area (Å²) < 4.78 is 19.0. The van der Waals surface area contributed by atoms with Crippen LogP contribution in [0.4, 0.5) is 4.39 Å². The van der Waals surface area contributed by atoms with Gasteiger partial charge in [0.25, 0.3) is 5.91 Å². The van der Waals surface area contributed by atoms with Crippen LogP contribution < -0.4 is 4.74 Å². The van der Waals surface area contributed by atoms with Crippen molar-refractivity contribution in [3.8, 4) is 5.75 Å². The highest BCUT2D eigenvalue weighted by Gasteiger charge is 2.45. The first-order valence-electron chi connectivity index (χ1n) is 12.5. The van der Waals surface area contributed by atoms with Crippen LogP contribution >= 0.6 is 0 Å². The minimum atomic E-state index is -0.633. The molecule has 1 aliphatic rings. The molecule has 4 aromatic carbocycles. The van der Waals surface area contributed by atoms with Crippen molar-refractivity contribution in [2.75, 3.05) is 14.2 Å². The van der Waals surface area contributed by atoms with Gasteiger partial charge in [-0.3, -0.25) is 9.59 Å². The molecule has 6 heteroatoms. The molecule has 0 aromatic heterocycles. The van der Waals surface area contributed by atoms with E-state index in [1.807, 2.05) is 72.8 Å². The number of hydrogen-bond acceptors (Lipinski definition) is 3. The number of carbonyl (C=O) groups is 2. The van der Waals surface area contributed by atoms with Gasteiger partial charge in [-0.15, -0.1) is 0 Å². The quantitative estimate of drug-likeness (QED) is 0.309. The molecule has 192 valence electrons. The first kappa shape index (κ1) is 25.2. The second-order valence-electron chi connectivity index (χ2n) is 9.52. The van der Waals surface area contributed by atoms with E-state index in [2.05, 4.69) is 0 Å². The molecule has 0 radical (unpaired) electrons. The molecule has 38 heavy (non-hydrogen) atoms. The summed E-state index contributed by atoms with van der Waals surface area (Å²) in [5.74, 6) is -0.539. The largest absolute Gasteiger partial charge is 0.497 e. The molecule has 0 saturated heterocycles. The standard InChI is InChI=1S/C32H29FN2O3/c1-34(20-22-8-4-3-5-9-22)32(37)29-27-10-6-7-11-28(27)31(36)35(21-23-12-16-25(33)17-13-23)30(29)24-14-18-26(38-2)19-15-24/h3-19,29-30H,20-21H2,1-2H3/t29-,30-/m1/s1. The topological polar surface area (TPSA) is 49.9 Å². The van der Waals surface area contributed by atoms with Crippen molar-refractivity contribution < 1.29 is 18.7 Å². The van der Waals surface area contributed by atoms with Crippen LogP contribution in [0.15, 0.2) is 103 Å². The van der Waals surface area contributed by atoms with Crippen LogP contribution in [-0.4, -0.2) is 35.8 Å². The molecule has 4 aromatic rings. The van der Waals surface area contributed by atoms with E-state index in [0.717, 1.165) is 16.7 Å². The van der Waals surface area contributed by atoms with Gasteiger partial charge in [0.15, 0.2) is 0 Å². The normalized spacial score (nSPS) is 16.6. The van der Waals surface area contributed by atoms with Crippen LogP contribution in [0.2, 0.25) is 0 Å². The monoisotopic (exact) mass is 508 g/mol. The number of carbonyl (C=O) groups excluding carboxylic acids is 2. The van der Waals surface area contributed by atoms with E-state index in [-0.39, 0.29) is 24.2 Å². The van der Waals surface area contributed by atoms with Crippen LogP contribution in [0.25, 0.3) is 0 Å². The Morgan fingerprint density at radius 2 is 1.53 bits per heavy atom. The zero-order valence-electron chi connectivity index (χ0n) is 21.4. The van der Waals surface area contributed by atoms with Crippen LogP contribution in [0, 0.1) is 5.82 Å². The molecule has 0 fully saturated rings. The fourth-order valence-corrected chi connectivity index (χ4v) is 5.16. The van der Waals surface area contributed by atoms with E-state index in [4.69, 9.17) is 4.74 Å². The van der Waals surface area contributed by atoms with E-state index in [9.17, 15) is 14.0 Å². The average molecular weight is 509 g/mol. The molecule has 0 N–H and O–H groups in total. The Bertz CT molecular complexity index is 1420. The number of amides is 2.